The van der Waals surface area contributed by atoms with Crippen molar-refractivity contribution in [1.82, 2.24) is 0 Å². The lowest BCUT2D eigenvalue weighted by Gasteiger charge is -2.19. The Morgan fingerprint density at radius 2 is 2.20 bits per heavy atom. The standard InChI is InChI=1S/C7H15NOS/c1-4-5-6-7(2,3)10(8)9/h4H,1,5-6,8H2,2-3H3. The van der Waals surface area contributed by atoms with Gasteiger partial charge in [0.15, 0.2) is 0 Å². The summed E-state index contributed by atoms with van der Waals surface area (Å²) in [6, 6.07) is 0. The maximum absolute atomic E-state index is 10.8. The second-order valence-corrected chi connectivity index (χ2v) is 4.58. The largest absolute Gasteiger partial charge is 0.251 e. The van der Waals surface area contributed by atoms with Crippen molar-refractivity contribution in [3.63, 3.8) is 0 Å². The van der Waals surface area contributed by atoms with Crippen molar-refractivity contribution in [2.24, 2.45) is 5.14 Å². The Labute approximate surface area is 65.1 Å². The zero-order chi connectivity index (χ0) is 8.20. The van der Waals surface area contributed by atoms with Crippen LogP contribution in [-0.4, -0.2) is 8.96 Å². The minimum absolute atomic E-state index is 0.270. The van der Waals surface area contributed by atoms with Gasteiger partial charge in [-0.05, 0) is 26.7 Å². The van der Waals surface area contributed by atoms with E-state index in [0.717, 1.165) is 12.8 Å². The van der Waals surface area contributed by atoms with Gasteiger partial charge in [-0.3, -0.25) is 5.14 Å². The van der Waals surface area contributed by atoms with Crippen LogP contribution in [0.15, 0.2) is 12.7 Å². The molecule has 0 bridgehead atoms. The van der Waals surface area contributed by atoms with Crippen LogP contribution in [0, 0.1) is 0 Å². The SMILES string of the molecule is C=CCCC(C)(C)S(N)=O. The molecular formula is C7H15NOS. The summed E-state index contributed by atoms with van der Waals surface area (Å²) in [7, 11) is -1.23. The van der Waals surface area contributed by atoms with Crippen LogP contribution >= 0.6 is 0 Å². The van der Waals surface area contributed by atoms with E-state index in [9.17, 15) is 4.21 Å². The highest BCUT2D eigenvalue weighted by Crippen LogP contribution is 2.16. The number of allylic oxidation sites excluding steroid dienone is 1. The van der Waals surface area contributed by atoms with Crippen molar-refractivity contribution in [1.29, 1.82) is 0 Å². The van der Waals surface area contributed by atoms with E-state index in [1.54, 1.807) is 0 Å². The Hall–Kier alpha value is -0.150. The molecule has 0 aromatic carbocycles. The summed E-state index contributed by atoms with van der Waals surface area (Å²) < 4.78 is 10.6. The van der Waals surface area contributed by atoms with Gasteiger partial charge in [0, 0.05) is 0 Å². The van der Waals surface area contributed by atoms with Crippen molar-refractivity contribution in [3.05, 3.63) is 12.7 Å². The molecule has 1 atom stereocenters. The van der Waals surface area contributed by atoms with Crippen molar-refractivity contribution in [3.8, 4) is 0 Å². The molecule has 0 aromatic rings. The van der Waals surface area contributed by atoms with E-state index >= 15 is 0 Å². The third-order valence-corrected chi connectivity index (χ3v) is 2.79. The van der Waals surface area contributed by atoms with E-state index in [0.29, 0.717) is 0 Å². The smallest absolute Gasteiger partial charge is 0.0945 e. The zero-order valence-corrected chi connectivity index (χ0v) is 7.41. The Morgan fingerprint density at radius 3 is 2.50 bits per heavy atom. The first-order valence-corrected chi connectivity index (χ1v) is 4.49. The first-order valence-electron chi connectivity index (χ1n) is 3.28. The molecule has 0 saturated carbocycles. The maximum Gasteiger partial charge on any atom is 0.0945 e. The molecule has 2 nitrogen and oxygen atoms in total. The summed E-state index contributed by atoms with van der Waals surface area (Å²) >= 11 is 0. The minimum atomic E-state index is -1.23. The first kappa shape index (κ1) is 9.85. The molecule has 3 heteroatoms. The van der Waals surface area contributed by atoms with Crippen LogP contribution in [-0.2, 0) is 11.0 Å². The lowest BCUT2D eigenvalue weighted by Crippen LogP contribution is -2.31. The normalized spacial score (nSPS) is 14.7. The number of hydrogen-bond acceptors (Lipinski definition) is 1. The second kappa shape index (κ2) is 3.88. The molecule has 0 spiro atoms. The summed E-state index contributed by atoms with van der Waals surface area (Å²) in [5.74, 6) is 0. The average molecular weight is 161 g/mol. The molecule has 0 aliphatic carbocycles. The molecule has 0 aromatic heterocycles. The van der Waals surface area contributed by atoms with Crippen LogP contribution in [0.25, 0.3) is 0 Å². The van der Waals surface area contributed by atoms with Crippen molar-refractivity contribution < 1.29 is 4.21 Å². The fourth-order valence-corrected chi connectivity index (χ4v) is 0.869. The molecule has 0 aliphatic rings. The Balaban J connectivity index is 3.86. The molecule has 0 radical (unpaired) electrons. The van der Waals surface area contributed by atoms with E-state index in [1.807, 2.05) is 19.9 Å². The molecule has 0 saturated heterocycles. The fraction of sp³-hybridized carbons (Fsp3) is 0.714. The molecule has 0 aliphatic heterocycles. The van der Waals surface area contributed by atoms with E-state index < -0.39 is 11.0 Å². The molecule has 0 heterocycles. The van der Waals surface area contributed by atoms with Gasteiger partial charge in [0.05, 0.1) is 15.7 Å². The van der Waals surface area contributed by atoms with Crippen LogP contribution < -0.4 is 5.14 Å². The Morgan fingerprint density at radius 1 is 1.70 bits per heavy atom. The van der Waals surface area contributed by atoms with Gasteiger partial charge >= 0.3 is 0 Å². The van der Waals surface area contributed by atoms with E-state index in [2.05, 4.69) is 6.58 Å². The van der Waals surface area contributed by atoms with E-state index in [1.165, 1.54) is 0 Å². The van der Waals surface area contributed by atoms with Crippen LogP contribution in [0.1, 0.15) is 26.7 Å². The molecule has 0 amide bonds. The highest BCUT2D eigenvalue weighted by molar-refractivity contribution is 7.84. The van der Waals surface area contributed by atoms with Gasteiger partial charge in [-0.25, -0.2) is 4.21 Å². The van der Waals surface area contributed by atoms with Gasteiger partial charge in [0.1, 0.15) is 0 Å². The molecular weight excluding hydrogens is 146 g/mol. The van der Waals surface area contributed by atoms with Crippen LogP contribution in [0.2, 0.25) is 0 Å². The van der Waals surface area contributed by atoms with Gasteiger partial charge in [0.25, 0.3) is 0 Å². The summed E-state index contributed by atoms with van der Waals surface area (Å²) in [6.45, 7) is 7.37. The fourth-order valence-electron chi connectivity index (χ4n) is 0.550. The summed E-state index contributed by atoms with van der Waals surface area (Å²) in [5, 5.41) is 5.25. The minimum Gasteiger partial charge on any atom is -0.251 e. The van der Waals surface area contributed by atoms with Gasteiger partial charge in [-0.2, -0.15) is 0 Å². The van der Waals surface area contributed by atoms with Gasteiger partial charge in [-0.15, -0.1) is 6.58 Å². The second-order valence-electron chi connectivity index (χ2n) is 2.88. The average Bonchev–Trinajstić information content (AvgIpc) is 1.84. The van der Waals surface area contributed by atoms with Crippen molar-refractivity contribution in [2.45, 2.75) is 31.4 Å². The third-order valence-electron chi connectivity index (χ3n) is 1.50. The molecule has 2 N–H and O–H groups in total. The van der Waals surface area contributed by atoms with Crippen molar-refractivity contribution >= 4 is 11.0 Å². The zero-order valence-electron chi connectivity index (χ0n) is 6.59. The molecule has 1 unspecified atom stereocenters. The lowest BCUT2D eigenvalue weighted by atomic mass is 10.1. The summed E-state index contributed by atoms with van der Waals surface area (Å²) in [6.07, 6.45) is 3.52. The number of rotatable bonds is 4. The monoisotopic (exact) mass is 161 g/mol. The molecule has 0 rings (SSSR count). The van der Waals surface area contributed by atoms with Gasteiger partial charge in [-0.1, -0.05) is 6.08 Å². The van der Waals surface area contributed by atoms with E-state index in [-0.39, 0.29) is 4.75 Å². The van der Waals surface area contributed by atoms with Gasteiger partial charge in [0.2, 0.25) is 0 Å². The predicted octanol–water partition coefficient (Wildman–Crippen LogP) is 1.35. The van der Waals surface area contributed by atoms with Crippen molar-refractivity contribution in [2.75, 3.05) is 0 Å². The van der Waals surface area contributed by atoms with Crippen LogP contribution in [0.4, 0.5) is 0 Å². The predicted molar refractivity (Wildman–Crippen MR) is 45.8 cm³/mol. The summed E-state index contributed by atoms with van der Waals surface area (Å²) in [4.78, 5) is 0. The number of nitrogens with two attached hydrogens (primary N) is 1. The highest BCUT2D eigenvalue weighted by atomic mass is 32.2. The lowest BCUT2D eigenvalue weighted by molar-refractivity contribution is 0.596. The quantitative estimate of drug-likeness (QED) is 0.621. The van der Waals surface area contributed by atoms with Gasteiger partial charge < -0.3 is 0 Å². The Kier molecular flexibility index (Phi) is 3.83. The molecule has 10 heavy (non-hydrogen) atoms. The molecule has 0 fully saturated rings. The topological polar surface area (TPSA) is 43.1 Å². The Bertz CT molecular complexity index is 143. The molecule has 60 valence electrons. The summed E-state index contributed by atoms with van der Waals surface area (Å²) in [5.41, 5.74) is 0. The number of hydrogen-bond donors (Lipinski definition) is 1. The first-order chi connectivity index (χ1) is 4.50. The van der Waals surface area contributed by atoms with Crippen LogP contribution in [0.5, 0.6) is 0 Å². The highest BCUT2D eigenvalue weighted by Gasteiger charge is 2.21. The third kappa shape index (κ3) is 3.13. The van der Waals surface area contributed by atoms with Crippen LogP contribution in [0.3, 0.4) is 0 Å². The van der Waals surface area contributed by atoms with E-state index in [4.69, 9.17) is 5.14 Å². The maximum atomic E-state index is 10.8.